The molecule has 0 saturated carbocycles. The molecule has 1 aromatic heterocycles. The van der Waals surface area contributed by atoms with Gasteiger partial charge in [0, 0.05) is 9.75 Å². The van der Waals surface area contributed by atoms with Crippen LogP contribution in [0.5, 0.6) is 0 Å². The first-order chi connectivity index (χ1) is 8.06. The molecule has 0 spiro atoms. The van der Waals surface area contributed by atoms with Gasteiger partial charge in [-0.3, -0.25) is 0 Å². The molecule has 0 nitrogen and oxygen atoms in total. The maximum absolute atomic E-state index is 12.8. The molecule has 0 aliphatic carbocycles. The standard InChI is InChI=1S/C14H14ClFS/c1-9-7-13(10(2)17-9)14(15)8-11-3-5-12(16)6-4-11/h3-7,14H,8H2,1-2H3. The number of alkyl halides is 1. The normalized spacial score (nSPS) is 12.7. The van der Waals surface area contributed by atoms with Gasteiger partial charge >= 0.3 is 0 Å². The number of thiophene rings is 1. The molecule has 0 radical (unpaired) electrons. The molecule has 3 heteroatoms. The predicted octanol–water partition coefficient (Wildman–Crippen LogP) is 5.03. The maximum atomic E-state index is 12.8. The van der Waals surface area contributed by atoms with Gasteiger partial charge in [-0.15, -0.1) is 22.9 Å². The Bertz CT molecular complexity index is 501. The Morgan fingerprint density at radius 1 is 1.24 bits per heavy atom. The largest absolute Gasteiger partial charge is 0.207 e. The molecular formula is C14H14ClFS. The van der Waals surface area contributed by atoms with Crippen molar-refractivity contribution < 1.29 is 4.39 Å². The summed E-state index contributed by atoms with van der Waals surface area (Å²) in [6, 6.07) is 8.68. The summed E-state index contributed by atoms with van der Waals surface area (Å²) in [5, 5.41) is -0.0367. The fourth-order valence-electron chi connectivity index (χ4n) is 1.90. The zero-order valence-electron chi connectivity index (χ0n) is 9.84. The lowest BCUT2D eigenvalue weighted by atomic mass is 10.0. The monoisotopic (exact) mass is 268 g/mol. The van der Waals surface area contributed by atoms with Gasteiger partial charge in [-0.2, -0.15) is 0 Å². The van der Waals surface area contributed by atoms with E-state index in [1.165, 1.54) is 27.5 Å². The molecule has 1 heterocycles. The first-order valence-corrected chi connectivity index (χ1v) is 6.77. The number of hydrogen-bond acceptors (Lipinski definition) is 1. The van der Waals surface area contributed by atoms with Gasteiger partial charge in [-0.1, -0.05) is 12.1 Å². The second-order valence-corrected chi connectivity index (χ2v) is 6.15. The van der Waals surface area contributed by atoms with Gasteiger partial charge in [0.25, 0.3) is 0 Å². The molecule has 17 heavy (non-hydrogen) atoms. The summed E-state index contributed by atoms with van der Waals surface area (Å²) in [5.74, 6) is -0.206. The van der Waals surface area contributed by atoms with Gasteiger partial charge in [0.15, 0.2) is 0 Å². The number of hydrogen-bond donors (Lipinski definition) is 0. The number of halogens is 2. The molecule has 0 bridgehead atoms. The predicted molar refractivity (Wildman–Crippen MR) is 72.5 cm³/mol. The van der Waals surface area contributed by atoms with Gasteiger partial charge in [-0.05, 0) is 49.6 Å². The average molecular weight is 269 g/mol. The zero-order chi connectivity index (χ0) is 12.4. The minimum absolute atomic E-state index is 0.0367. The average Bonchev–Trinajstić information content (AvgIpc) is 2.61. The molecule has 2 aromatic rings. The molecule has 0 aliphatic heterocycles. The Balaban J connectivity index is 2.14. The van der Waals surface area contributed by atoms with Crippen LogP contribution in [0.2, 0.25) is 0 Å². The maximum Gasteiger partial charge on any atom is 0.123 e. The van der Waals surface area contributed by atoms with E-state index in [-0.39, 0.29) is 11.2 Å². The van der Waals surface area contributed by atoms with Gasteiger partial charge in [0.1, 0.15) is 5.82 Å². The number of aryl methyl sites for hydroxylation is 2. The molecule has 90 valence electrons. The Hall–Kier alpha value is -0.860. The molecule has 0 fully saturated rings. The van der Waals surface area contributed by atoms with Gasteiger partial charge in [0.2, 0.25) is 0 Å². The third-order valence-electron chi connectivity index (χ3n) is 2.75. The summed E-state index contributed by atoms with van der Waals surface area (Å²) in [6.07, 6.45) is 0.735. The van der Waals surface area contributed by atoms with Crippen LogP contribution in [-0.4, -0.2) is 0 Å². The quantitative estimate of drug-likeness (QED) is 0.685. The fraction of sp³-hybridized carbons (Fsp3) is 0.286. The summed E-state index contributed by atoms with van der Waals surface area (Å²) in [4.78, 5) is 2.55. The topological polar surface area (TPSA) is 0 Å². The van der Waals surface area contributed by atoms with Gasteiger partial charge in [0.05, 0.1) is 5.38 Å². The van der Waals surface area contributed by atoms with Crippen molar-refractivity contribution in [3.05, 3.63) is 57.0 Å². The summed E-state index contributed by atoms with van der Waals surface area (Å²) >= 11 is 8.18. The summed E-state index contributed by atoms with van der Waals surface area (Å²) in [6.45, 7) is 4.18. The molecule has 2 rings (SSSR count). The van der Waals surface area contributed by atoms with E-state index in [9.17, 15) is 4.39 Å². The summed E-state index contributed by atoms with van der Waals surface area (Å²) in [5.41, 5.74) is 2.26. The Kier molecular flexibility index (Phi) is 3.85. The van der Waals surface area contributed by atoms with Crippen LogP contribution >= 0.6 is 22.9 Å². The van der Waals surface area contributed by atoms with Crippen LogP contribution in [0.4, 0.5) is 4.39 Å². The van der Waals surface area contributed by atoms with Crippen molar-refractivity contribution in [3.8, 4) is 0 Å². The minimum atomic E-state index is -0.206. The number of benzene rings is 1. The molecule has 0 aliphatic rings. The van der Waals surface area contributed by atoms with Crippen LogP contribution in [-0.2, 0) is 6.42 Å². The second-order valence-electron chi connectivity index (χ2n) is 4.17. The van der Waals surface area contributed by atoms with Crippen molar-refractivity contribution in [3.63, 3.8) is 0 Å². The lowest BCUT2D eigenvalue weighted by Crippen LogP contribution is -1.96. The molecule has 0 amide bonds. The SMILES string of the molecule is Cc1cc(C(Cl)Cc2ccc(F)cc2)c(C)s1. The van der Waals surface area contributed by atoms with Crippen molar-refractivity contribution >= 4 is 22.9 Å². The Morgan fingerprint density at radius 3 is 2.41 bits per heavy atom. The number of rotatable bonds is 3. The van der Waals surface area contributed by atoms with Crippen molar-refractivity contribution in [2.24, 2.45) is 0 Å². The van der Waals surface area contributed by atoms with Crippen LogP contribution in [0.1, 0.15) is 26.3 Å². The third-order valence-corrected chi connectivity index (χ3v) is 4.12. The fourth-order valence-corrected chi connectivity index (χ4v) is 3.36. The van der Waals surface area contributed by atoms with E-state index in [4.69, 9.17) is 11.6 Å². The van der Waals surface area contributed by atoms with Crippen LogP contribution in [0, 0.1) is 19.7 Å². The van der Waals surface area contributed by atoms with Crippen LogP contribution in [0.3, 0.4) is 0 Å². The highest BCUT2D eigenvalue weighted by atomic mass is 35.5. The van der Waals surface area contributed by atoms with E-state index >= 15 is 0 Å². The first-order valence-electron chi connectivity index (χ1n) is 5.51. The summed E-state index contributed by atoms with van der Waals surface area (Å²) < 4.78 is 12.8. The van der Waals surface area contributed by atoms with E-state index in [1.807, 2.05) is 0 Å². The zero-order valence-corrected chi connectivity index (χ0v) is 11.4. The lowest BCUT2D eigenvalue weighted by Gasteiger charge is -2.09. The molecule has 1 atom stereocenters. The van der Waals surface area contributed by atoms with Crippen molar-refractivity contribution in [2.75, 3.05) is 0 Å². The highest BCUT2D eigenvalue weighted by molar-refractivity contribution is 7.12. The second kappa shape index (κ2) is 5.19. The first kappa shape index (κ1) is 12.6. The van der Waals surface area contributed by atoms with E-state index in [0.717, 1.165) is 12.0 Å². The lowest BCUT2D eigenvalue weighted by molar-refractivity contribution is 0.627. The molecule has 1 aromatic carbocycles. The highest BCUT2D eigenvalue weighted by Gasteiger charge is 2.13. The van der Waals surface area contributed by atoms with Crippen molar-refractivity contribution in [2.45, 2.75) is 25.6 Å². The van der Waals surface area contributed by atoms with E-state index < -0.39 is 0 Å². The van der Waals surface area contributed by atoms with E-state index in [0.29, 0.717) is 0 Å². The van der Waals surface area contributed by atoms with Crippen molar-refractivity contribution in [1.29, 1.82) is 0 Å². The Labute approximate surface area is 110 Å². The molecule has 0 saturated heterocycles. The van der Waals surface area contributed by atoms with Gasteiger partial charge < -0.3 is 0 Å². The Morgan fingerprint density at radius 2 is 1.88 bits per heavy atom. The molecule has 1 unspecified atom stereocenters. The van der Waals surface area contributed by atoms with Crippen molar-refractivity contribution in [1.82, 2.24) is 0 Å². The third kappa shape index (κ3) is 3.08. The van der Waals surface area contributed by atoms with Crippen LogP contribution in [0.15, 0.2) is 30.3 Å². The van der Waals surface area contributed by atoms with E-state index in [2.05, 4.69) is 19.9 Å². The minimum Gasteiger partial charge on any atom is -0.207 e. The van der Waals surface area contributed by atoms with E-state index in [1.54, 1.807) is 23.5 Å². The smallest absolute Gasteiger partial charge is 0.123 e. The molecular weight excluding hydrogens is 255 g/mol. The van der Waals surface area contributed by atoms with Gasteiger partial charge in [-0.25, -0.2) is 4.39 Å². The van der Waals surface area contributed by atoms with Crippen LogP contribution in [0.25, 0.3) is 0 Å². The highest BCUT2D eigenvalue weighted by Crippen LogP contribution is 2.32. The molecule has 0 N–H and O–H groups in total. The van der Waals surface area contributed by atoms with Crippen LogP contribution < -0.4 is 0 Å². The summed E-state index contributed by atoms with van der Waals surface area (Å²) in [7, 11) is 0.